The summed E-state index contributed by atoms with van der Waals surface area (Å²) in [6.45, 7) is 2.05. The minimum absolute atomic E-state index is 0.0336. The number of hydrogen-bond donors (Lipinski definition) is 4. The summed E-state index contributed by atoms with van der Waals surface area (Å²) in [5, 5.41) is 18.8. The third-order valence-corrected chi connectivity index (χ3v) is 3.01. The molecule has 0 aromatic heterocycles. The zero-order valence-electron chi connectivity index (χ0n) is 7.38. The van der Waals surface area contributed by atoms with E-state index in [2.05, 4.69) is 4.72 Å². The minimum Gasteiger partial charge on any atom is -0.390 e. The molecular formula is C7H15NO4S. The van der Waals surface area contributed by atoms with E-state index in [9.17, 15) is 18.6 Å². The molecule has 0 heterocycles. The Balaban J connectivity index is 2.44. The van der Waals surface area contributed by atoms with Crippen LogP contribution in [0.15, 0.2) is 0 Å². The smallest absolute Gasteiger partial charge is 0.201 e. The van der Waals surface area contributed by atoms with Gasteiger partial charge in [0, 0.05) is 12.5 Å². The average Bonchev–Trinajstić information content (AvgIpc) is 2.29. The van der Waals surface area contributed by atoms with Gasteiger partial charge in [-0.1, -0.05) is 6.92 Å². The van der Waals surface area contributed by atoms with E-state index in [0.29, 0.717) is 6.42 Å². The summed E-state index contributed by atoms with van der Waals surface area (Å²) < 4.78 is 22.7. The largest absolute Gasteiger partial charge is 0.390 e. The Bertz CT molecular complexity index is 235. The Morgan fingerprint density at radius 1 is 1.38 bits per heavy atom. The minimum atomic E-state index is -2.61. The van der Waals surface area contributed by atoms with Crippen LogP contribution < -0.4 is 4.72 Å². The van der Waals surface area contributed by atoms with Crippen molar-refractivity contribution in [1.29, 1.82) is 0 Å². The van der Waals surface area contributed by atoms with E-state index < -0.39 is 23.1 Å². The average molecular weight is 209 g/mol. The molecule has 0 aromatic carbocycles. The topological polar surface area (TPSA) is 86.6 Å². The number of aliphatic hydroxyl groups excluding tert-OH is 2. The molecule has 0 bridgehead atoms. The second-order valence-electron chi connectivity index (χ2n) is 3.57. The molecular weight excluding hydrogens is 194 g/mol. The second kappa shape index (κ2) is 4.36. The molecule has 1 aliphatic carbocycles. The molecule has 0 radical (unpaired) electrons. The highest BCUT2D eigenvalue weighted by molar-refractivity contribution is 7.70. The molecule has 0 unspecified atom stereocenters. The number of thiol groups is 1. The summed E-state index contributed by atoms with van der Waals surface area (Å²) in [7, 11) is -2.61. The fraction of sp³-hybridized carbons (Fsp3) is 1.00. The van der Waals surface area contributed by atoms with Crippen molar-refractivity contribution in [2.24, 2.45) is 11.8 Å². The third-order valence-electron chi connectivity index (χ3n) is 2.57. The predicted molar refractivity (Wildman–Crippen MR) is 47.6 cm³/mol. The maximum Gasteiger partial charge on any atom is 0.201 e. The first-order chi connectivity index (χ1) is 6.02. The first-order valence-corrected chi connectivity index (χ1v) is 5.44. The van der Waals surface area contributed by atoms with Gasteiger partial charge in [-0.25, -0.2) is 13.1 Å². The zero-order valence-corrected chi connectivity index (χ0v) is 8.28. The fourth-order valence-electron chi connectivity index (χ4n) is 1.77. The number of nitrogens with one attached hydrogen (secondary N) is 1. The van der Waals surface area contributed by atoms with Gasteiger partial charge in [-0.3, -0.25) is 0 Å². The quantitative estimate of drug-likeness (QED) is 0.425. The summed E-state index contributed by atoms with van der Waals surface area (Å²) in [6.07, 6.45) is -0.882. The molecule has 6 heteroatoms. The lowest BCUT2D eigenvalue weighted by Crippen LogP contribution is -2.32. The normalized spacial score (nSPS) is 40.0. The fourth-order valence-corrected chi connectivity index (χ4v) is 2.15. The monoisotopic (exact) mass is 209 g/mol. The van der Waals surface area contributed by atoms with Crippen molar-refractivity contribution in [1.82, 2.24) is 4.72 Å². The summed E-state index contributed by atoms with van der Waals surface area (Å²) in [5.74, 6) is -0.135. The Labute approximate surface area is 78.9 Å². The predicted octanol–water partition coefficient (Wildman–Crippen LogP) is -1.52. The number of aliphatic hydroxyl groups is 2. The van der Waals surface area contributed by atoms with Gasteiger partial charge in [0.25, 0.3) is 0 Å². The molecule has 1 fully saturated rings. The van der Waals surface area contributed by atoms with Crippen molar-refractivity contribution in [3.05, 3.63) is 0 Å². The molecule has 0 spiro atoms. The molecule has 3 N–H and O–H groups in total. The van der Waals surface area contributed by atoms with Crippen LogP contribution >= 0.6 is 0 Å². The third kappa shape index (κ3) is 2.63. The maximum absolute atomic E-state index is 10.2. The van der Waals surface area contributed by atoms with Gasteiger partial charge in [-0.2, -0.15) is 0 Å². The molecule has 1 saturated carbocycles. The summed E-state index contributed by atoms with van der Waals surface area (Å²) in [6, 6.07) is 0. The van der Waals surface area contributed by atoms with Crippen LogP contribution in [-0.4, -0.2) is 37.4 Å². The molecule has 4 atom stereocenters. The van der Waals surface area contributed by atoms with Crippen LogP contribution in [0.5, 0.6) is 0 Å². The number of hydrogen-bond acceptors (Lipinski definition) is 4. The van der Waals surface area contributed by atoms with Crippen LogP contribution in [0.4, 0.5) is 0 Å². The van der Waals surface area contributed by atoms with E-state index in [1.807, 2.05) is 6.92 Å². The lowest BCUT2D eigenvalue weighted by atomic mass is 10.1. The van der Waals surface area contributed by atoms with Crippen LogP contribution in [0.1, 0.15) is 13.3 Å². The molecule has 0 aliphatic heterocycles. The first-order valence-electron chi connectivity index (χ1n) is 4.26. The summed E-state index contributed by atoms with van der Waals surface area (Å²) in [5.41, 5.74) is 0. The van der Waals surface area contributed by atoms with Gasteiger partial charge in [0.15, 0.2) is 0 Å². The lowest BCUT2D eigenvalue weighted by molar-refractivity contribution is 0.00779. The van der Waals surface area contributed by atoms with E-state index in [0.717, 1.165) is 0 Å². The van der Waals surface area contributed by atoms with Gasteiger partial charge in [-0.15, -0.1) is 0 Å². The number of rotatable bonds is 3. The van der Waals surface area contributed by atoms with Gasteiger partial charge in [0.1, 0.15) is 0 Å². The Kier molecular flexibility index (Phi) is 3.66. The van der Waals surface area contributed by atoms with Crippen LogP contribution in [-0.2, 0) is 10.9 Å². The van der Waals surface area contributed by atoms with Crippen molar-refractivity contribution in [3.63, 3.8) is 0 Å². The van der Waals surface area contributed by atoms with Gasteiger partial charge in [0.2, 0.25) is 10.9 Å². The van der Waals surface area contributed by atoms with Gasteiger partial charge in [0.05, 0.1) is 12.2 Å². The van der Waals surface area contributed by atoms with Crippen molar-refractivity contribution in [2.75, 3.05) is 6.54 Å². The van der Waals surface area contributed by atoms with Crippen LogP contribution in [0.25, 0.3) is 0 Å². The second-order valence-corrected chi connectivity index (χ2v) is 4.40. The van der Waals surface area contributed by atoms with E-state index in [4.69, 9.17) is 0 Å². The molecule has 1 rings (SSSR count). The first kappa shape index (κ1) is 10.9. The zero-order chi connectivity index (χ0) is 10.0. The summed E-state index contributed by atoms with van der Waals surface area (Å²) >= 11 is 0. The SMILES string of the molecule is C[C@@H]1C[C@H](CN[SH](=O)=O)[C@@H](O)[C@H]1O. The molecule has 78 valence electrons. The summed E-state index contributed by atoms with van der Waals surface area (Å²) in [4.78, 5) is 0. The molecule has 0 aromatic rings. The standard InChI is InChI=1S/C7H15NO4S/c1-4-2-5(3-8-13(11)12)7(10)6(4)9/h4-7,9-10,13H,2-3H2,1H3,(H,8,11,12)/t4-,5-,6+,7-/m1/s1. The Morgan fingerprint density at radius 2 is 2.00 bits per heavy atom. The molecule has 0 amide bonds. The Hall–Kier alpha value is -0.170. The maximum atomic E-state index is 10.2. The van der Waals surface area contributed by atoms with Crippen molar-refractivity contribution in [2.45, 2.75) is 25.6 Å². The van der Waals surface area contributed by atoms with E-state index in [1.54, 1.807) is 0 Å². The highest BCUT2D eigenvalue weighted by Gasteiger charge is 2.38. The van der Waals surface area contributed by atoms with E-state index >= 15 is 0 Å². The molecule has 0 saturated heterocycles. The van der Waals surface area contributed by atoms with Crippen LogP contribution in [0.2, 0.25) is 0 Å². The van der Waals surface area contributed by atoms with Gasteiger partial charge < -0.3 is 10.2 Å². The van der Waals surface area contributed by atoms with Gasteiger partial charge >= 0.3 is 0 Å². The lowest BCUT2D eigenvalue weighted by Gasteiger charge is -2.15. The van der Waals surface area contributed by atoms with E-state index in [1.165, 1.54) is 0 Å². The van der Waals surface area contributed by atoms with Crippen molar-refractivity contribution >= 4 is 10.9 Å². The van der Waals surface area contributed by atoms with Crippen molar-refractivity contribution in [3.8, 4) is 0 Å². The highest BCUT2D eigenvalue weighted by atomic mass is 32.2. The van der Waals surface area contributed by atoms with Crippen molar-refractivity contribution < 1.29 is 18.6 Å². The molecule has 13 heavy (non-hydrogen) atoms. The van der Waals surface area contributed by atoms with E-state index in [-0.39, 0.29) is 18.4 Å². The van der Waals surface area contributed by atoms with Crippen LogP contribution in [0, 0.1) is 11.8 Å². The molecule has 5 nitrogen and oxygen atoms in total. The van der Waals surface area contributed by atoms with Crippen LogP contribution in [0.3, 0.4) is 0 Å². The van der Waals surface area contributed by atoms with Gasteiger partial charge in [-0.05, 0) is 12.3 Å². The Morgan fingerprint density at radius 3 is 2.38 bits per heavy atom. The molecule has 1 aliphatic rings. The highest BCUT2D eigenvalue weighted by Crippen LogP contribution is 2.30.